The first-order valence-electron chi connectivity index (χ1n) is 11.2. The largest absolute Gasteiger partial charge is 0.391 e. The van der Waals surface area contributed by atoms with Gasteiger partial charge in [-0.2, -0.15) is 0 Å². The molecule has 0 radical (unpaired) electrons. The monoisotopic (exact) mass is 504 g/mol. The van der Waals surface area contributed by atoms with Crippen LogP contribution in [-0.4, -0.2) is 66.0 Å². The third kappa shape index (κ3) is 8.64. The highest BCUT2D eigenvalue weighted by Crippen LogP contribution is 2.26. The molecule has 0 spiro atoms. The van der Waals surface area contributed by atoms with Crippen LogP contribution in [0, 0.1) is 0 Å². The van der Waals surface area contributed by atoms with E-state index >= 15 is 0 Å². The van der Waals surface area contributed by atoms with Gasteiger partial charge in [-0.1, -0.05) is 78.9 Å². The molecule has 1 N–H and O–H groups in total. The summed E-state index contributed by atoms with van der Waals surface area (Å²) in [5.41, 5.74) is 2.76. The van der Waals surface area contributed by atoms with Crippen molar-refractivity contribution in [2.24, 2.45) is 0 Å². The molecule has 4 rings (SSSR count). The molecule has 178 valence electrons. The summed E-state index contributed by atoms with van der Waals surface area (Å²) in [6.45, 7) is 5.93. The number of aliphatic hydroxyl groups is 1. The Hall–Kier alpha value is -1.53. The standard InChI is InChI=1S/C27H32N2OS.2ClH/c30-25(22-31-26-14-8-3-9-15-26)20-28-16-18-29(19-17-28)21-27(23-10-4-1-5-11-23)24-12-6-2-7-13-24;;/h1-15,25,27,30H,16-22H2;2*1H. The smallest absolute Gasteiger partial charge is 0.0760 e. The first kappa shape index (κ1) is 27.7. The molecule has 0 amide bonds. The average molecular weight is 506 g/mol. The van der Waals surface area contributed by atoms with Crippen LogP contribution in [0.2, 0.25) is 0 Å². The lowest BCUT2D eigenvalue weighted by Gasteiger charge is -2.37. The topological polar surface area (TPSA) is 26.7 Å². The van der Waals surface area contributed by atoms with Crippen LogP contribution in [-0.2, 0) is 0 Å². The van der Waals surface area contributed by atoms with Crippen LogP contribution in [0.1, 0.15) is 17.0 Å². The predicted molar refractivity (Wildman–Crippen MR) is 145 cm³/mol. The van der Waals surface area contributed by atoms with E-state index in [0.29, 0.717) is 5.92 Å². The van der Waals surface area contributed by atoms with E-state index in [1.807, 2.05) is 18.2 Å². The molecule has 33 heavy (non-hydrogen) atoms. The molecule has 1 unspecified atom stereocenters. The Bertz CT molecular complexity index is 854. The van der Waals surface area contributed by atoms with Gasteiger partial charge in [0.15, 0.2) is 0 Å². The minimum absolute atomic E-state index is 0. The van der Waals surface area contributed by atoms with E-state index < -0.39 is 0 Å². The molecule has 0 bridgehead atoms. The number of β-amino-alcohol motifs (C(OH)–C–C–N with tert-alkyl or cyclic N) is 1. The molecule has 0 aliphatic carbocycles. The molecule has 1 aliphatic heterocycles. The van der Waals surface area contributed by atoms with Crippen molar-refractivity contribution in [2.45, 2.75) is 16.9 Å². The van der Waals surface area contributed by atoms with Crippen molar-refractivity contribution in [3.63, 3.8) is 0 Å². The Labute approximate surface area is 215 Å². The van der Waals surface area contributed by atoms with Gasteiger partial charge in [-0.05, 0) is 23.3 Å². The fourth-order valence-electron chi connectivity index (χ4n) is 4.25. The summed E-state index contributed by atoms with van der Waals surface area (Å²) in [4.78, 5) is 6.21. The summed E-state index contributed by atoms with van der Waals surface area (Å²) in [5.74, 6) is 1.13. The van der Waals surface area contributed by atoms with Gasteiger partial charge in [-0.3, -0.25) is 9.80 Å². The molecule has 3 aromatic rings. The molecule has 1 aliphatic rings. The van der Waals surface area contributed by atoms with Crippen molar-refractivity contribution in [1.82, 2.24) is 9.80 Å². The summed E-state index contributed by atoms with van der Waals surface area (Å²) in [7, 11) is 0. The van der Waals surface area contributed by atoms with Crippen LogP contribution in [0.25, 0.3) is 0 Å². The van der Waals surface area contributed by atoms with E-state index in [4.69, 9.17) is 0 Å². The normalized spacial score (nSPS) is 15.5. The summed E-state index contributed by atoms with van der Waals surface area (Å²) < 4.78 is 0. The van der Waals surface area contributed by atoms with Crippen LogP contribution in [0.15, 0.2) is 95.9 Å². The van der Waals surface area contributed by atoms with Crippen molar-refractivity contribution in [1.29, 1.82) is 0 Å². The van der Waals surface area contributed by atoms with Crippen molar-refractivity contribution in [3.05, 3.63) is 102 Å². The van der Waals surface area contributed by atoms with Gasteiger partial charge in [0.2, 0.25) is 0 Å². The number of rotatable bonds is 9. The number of piperazine rings is 1. The average Bonchev–Trinajstić information content (AvgIpc) is 2.84. The number of aliphatic hydroxyl groups excluding tert-OH is 1. The van der Waals surface area contributed by atoms with Crippen LogP contribution < -0.4 is 0 Å². The zero-order valence-electron chi connectivity index (χ0n) is 18.8. The van der Waals surface area contributed by atoms with E-state index in [2.05, 4.69) is 82.6 Å². The number of thioether (sulfide) groups is 1. The first-order valence-corrected chi connectivity index (χ1v) is 12.2. The molecule has 3 nitrogen and oxygen atoms in total. The quantitative estimate of drug-likeness (QED) is 0.392. The second kappa shape index (κ2) is 14.7. The fraction of sp³-hybridized carbons (Fsp3) is 0.333. The van der Waals surface area contributed by atoms with E-state index in [0.717, 1.165) is 45.0 Å². The third-order valence-corrected chi connectivity index (χ3v) is 7.12. The predicted octanol–water partition coefficient (Wildman–Crippen LogP) is 5.43. The Morgan fingerprint density at radius 1 is 0.636 bits per heavy atom. The van der Waals surface area contributed by atoms with Gasteiger partial charge >= 0.3 is 0 Å². The number of hydrogen-bond donors (Lipinski definition) is 1. The van der Waals surface area contributed by atoms with E-state index in [1.54, 1.807) is 11.8 Å². The Kier molecular flexibility index (Phi) is 12.3. The number of halogens is 2. The lowest BCUT2D eigenvalue weighted by Crippen LogP contribution is -2.49. The summed E-state index contributed by atoms with van der Waals surface area (Å²) in [6, 6.07) is 32.0. The molecular formula is C27H34Cl2N2OS. The van der Waals surface area contributed by atoms with E-state index in [9.17, 15) is 5.11 Å². The highest BCUT2D eigenvalue weighted by molar-refractivity contribution is 7.99. The van der Waals surface area contributed by atoms with Crippen LogP contribution in [0.3, 0.4) is 0 Å². The van der Waals surface area contributed by atoms with Gasteiger partial charge in [0, 0.05) is 55.8 Å². The maximum Gasteiger partial charge on any atom is 0.0760 e. The molecule has 1 atom stereocenters. The molecule has 1 fully saturated rings. The third-order valence-electron chi connectivity index (χ3n) is 5.96. The minimum Gasteiger partial charge on any atom is -0.391 e. The van der Waals surface area contributed by atoms with Crippen LogP contribution >= 0.6 is 36.6 Å². The molecule has 1 heterocycles. The Balaban J connectivity index is 0.00000193. The Morgan fingerprint density at radius 2 is 1.06 bits per heavy atom. The van der Waals surface area contributed by atoms with E-state index in [1.165, 1.54) is 16.0 Å². The van der Waals surface area contributed by atoms with Gasteiger partial charge in [0.25, 0.3) is 0 Å². The number of hydrogen-bond acceptors (Lipinski definition) is 4. The van der Waals surface area contributed by atoms with Crippen molar-refractivity contribution in [2.75, 3.05) is 45.0 Å². The molecule has 3 aromatic carbocycles. The maximum atomic E-state index is 10.5. The SMILES string of the molecule is Cl.Cl.OC(CSc1ccccc1)CN1CCN(CC(c2ccccc2)c2ccccc2)CC1. The highest BCUT2D eigenvalue weighted by atomic mass is 35.5. The maximum absolute atomic E-state index is 10.5. The summed E-state index contributed by atoms with van der Waals surface area (Å²) >= 11 is 1.73. The molecular weight excluding hydrogens is 471 g/mol. The lowest BCUT2D eigenvalue weighted by molar-refractivity contribution is 0.0815. The van der Waals surface area contributed by atoms with Gasteiger partial charge in [-0.15, -0.1) is 36.6 Å². The van der Waals surface area contributed by atoms with Gasteiger partial charge in [-0.25, -0.2) is 0 Å². The molecule has 1 saturated heterocycles. The fourth-order valence-corrected chi connectivity index (χ4v) is 5.09. The Morgan fingerprint density at radius 3 is 1.55 bits per heavy atom. The zero-order chi connectivity index (χ0) is 21.3. The molecule has 6 heteroatoms. The van der Waals surface area contributed by atoms with Crippen molar-refractivity contribution < 1.29 is 5.11 Å². The second-order valence-electron chi connectivity index (χ2n) is 8.25. The number of benzene rings is 3. The molecule has 0 saturated carbocycles. The van der Waals surface area contributed by atoms with Gasteiger partial charge in [0.1, 0.15) is 0 Å². The second-order valence-corrected chi connectivity index (χ2v) is 9.35. The van der Waals surface area contributed by atoms with Crippen LogP contribution in [0.4, 0.5) is 0 Å². The minimum atomic E-state index is -0.293. The van der Waals surface area contributed by atoms with Gasteiger partial charge < -0.3 is 5.11 Å². The number of nitrogens with zero attached hydrogens (tertiary/aromatic N) is 2. The lowest BCUT2D eigenvalue weighted by atomic mass is 9.90. The van der Waals surface area contributed by atoms with E-state index in [-0.39, 0.29) is 30.9 Å². The highest BCUT2D eigenvalue weighted by Gasteiger charge is 2.23. The van der Waals surface area contributed by atoms with Gasteiger partial charge in [0.05, 0.1) is 6.10 Å². The summed E-state index contributed by atoms with van der Waals surface area (Å²) in [5, 5.41) is 10.5. The van der Waals surface area contributed by atoms with Crippen LogP contribution in [0.5, 0.6) is 0 Å². The summed E-state index contributed by atoms with van der Waals surface area (Å²) in [6.07, 6.45) is -0.293. The van der Waals surface area contributed by atoms with Crippen molar-refractivity contribution >= 4 is 36.6 Å². The van der Waals surface area contributed by atoms with Crippen molar-refractivity contribution in [3.8, 4) is 0 Å². The zero-order valence-corrected chi connectivity index (χ0v) is 21.3. The molecule has 0 aromatic heterocycles. The first-order chi connectivity index (χ1) is 15.3.